The summed E-state index contributed by atoms with van der Waals surface area (Å²) >= 11 is 0. The molecule has 0 amide bonds. The SMILES string of the molecule is FC(F)(F)c1ccc(N2CC(N3CCN(c4ccccn4)CC3)C2)nn1. The summed E-state index contributed by atoms with van der Waals surface area (Å²) in [4.78, 5) is 11.0. The van der Waals surface area contributed by atoms with Gasteiger partial charge < -0.3 is 9.80 Å². The molecule has 0 aromatic carbocycles. The summed E-state index contributed by atoms with van der Waals surface area (Å²) in [5, 5.41) is 7.01. The molecule has 0 aliphatic carbocycles. The van der Waals surface area contributed by atoms with Gasteiger partial charge in [-0.05, 0) is 24.3 Å². The Bertz CT molecular complexity index is 722. The number of alkyl halides is 3. The molecule has 9 heteroatoms. The second kappa shape index (κ2) is 6.71. The summed E-state index contributed by atoms with van der Waals surface area (Å²) in [7, 11) is 0. The highest BCUT2D eigenvalue weighted by Gasteiger charge is 2.36. The number of piperazine rings is 1. The first-order valence-corrected chi connectivity index (χ1v) is 8.56. The summed E-state index contributed by atoms with van der Waals surface area (Å²) in [5.74, 6) is 1.50. The van der Waals surface area contributed by atoms with Gasteiger partial charge in [0.25, 0.3) is 0 Å². The van der Waals surface area contributed by atoms with Gasteiger partial charge >= 0.3 is 6.18 Å². The topological polar surface area (TPSA) is 48.4 Å². The van der Waals surface area contributed by atoms with E-state index in [2.05, 4.69) is 25.0 Å². The maximum absolute atomic E-state index is 12.5. The number of hydrogen-bond acceptors (Lipinski definition) is 6. The van der Waals surface area contributed by atoms with Crippen molar-refractivity contribution in [2.75, 3.05) is 49.1 Å². The van der Waals surface area contributed by atoms with Crippen LogP contribution in [0.3, 0.4) is 0 Å². The molecule has 0 atom stereocenters. The highest BCUT2D eigenvalue weighted by atomic mass is 19.4. The van der Waals surface area contributed by atoms with E-state index in [1.807, 2.05) is 23.1 Å². The molecule has 0 spiro atoms. The maximum Gasteiger partial charge on any atom is 0.435 e. The molecular weight excluding hydrogens is 345 g/mol. The molecular formula is C17H19F3N6. The number of rotatable bonds is 3. The van der Waals surface area contributed by atoms with Crippen LogP contribution in [0, 0.1) is 0 Å². The molecule has 0 N–H and O–H groups in total. The van der Waals surface area contributed by atoms with Crippen LogP contribution < -0.4 is 9.80 Å². The van der Waals surface area contributed by atoms with Crippen molar-refractivity contribution >= 4 is 11.6 Å². The van der Waals surface area contributed by atoms with Crippen LogP contribution in [0.5, 0.6) is 0 Å². The summed E-state index contributed by atoms with van der Waals surface area (Å²) in [6.45, 7) is 5.29. The lowest BCUT2D eigenvalue weighted by molar-refractivity contribution is -0.141. The van der Waals surface area contributed by atoms with Gasteiger partial charge in [0.05, 0.1) is 0 Å². The quantitative estimate of drug-likeness (QED) is 0.829. The average Bonchev–Trinajstić information content (AvgIpc) is 2.62. The van der Waals surface area contributed by atoms with Gasteiger partial charge in [-0.25, -0.2) is 4.98 Å². The van der Waals surface area contributed by atoms with E-state index in [9.17, 15) is 13.2 Å². The van der Waals surface area contributed by atoms with Crippen LogP contribution >= 0.6 is 0 Å². The van der Waals surface area contributed by atoms with Crippen molar-refractivity contribution in [2.45, 2.75) is 12.2 Å². The predicted octanol–water partition coefficient (Wildman–Crippen LogP) is 1.90. The van der Waals surface area contributed by atoms with Crippen LogP contribution in [0.2, 0.25) is 0 Å². The number of halogens is 3. The number of aromatic nitrogens is 3. The van der Waals surface area contributed by atoms with E-state index < -0.39 is 11.9 Å². The molecule has 2 aliphatic heterocycles. The molecule has 2 aliphatic rings. The molecule has 0 radical (unpaired) electrons. The predicted molar refractivity (Wildman–Crippen MR) is 91.1 cm³/mol. The first-order chi connectivity index (χ1) is 12.5. The van der Waals surface area contributed by atoms with Gasteiger partial charge in [-0.3, -0.25) is 4.90 Å². The highest BCUT2D eigenvalue weighted by molar-refractivity contribution is 5.42. The Morgan fingerprint density at radius 2 is 1.62 bits per heavy atom. The van der Waals surface area contributed by atoms with E-state index in [1.165, 1.54) is 6.07 Å². The van der Waals surface area contributed by atoms with Crippen molar-refractivity contribution in [1.82, 2.24) is 20.1 Å². The monoisotopic (exact) mass is 364 g/mol. The Hall–Kier alpha value is -2.42. The van der Waals surface area contributed by atoms with Crippen molar-refractivity contribution in [3.05, 3.63) is 42.2 Å². The van der Waals surface area contributed by atoms with Gasteiger partial charge in [-0.1, -0.05) is 6.07 Å². The summed E-state index contributed by atoms with van der Waals surface area (Å²) < 4.78 is 37.6. The largest absolute Gasteiger partial charge is 0.435 e. The molecule has 0 saturated carbocycles. The van der Waals surface area contributed by atoms with Crippen molar-refractivity contribution in [2.24, 2.45) is 0 Å². The molecule has 0 unspecified atom stereocenters. The van der Waals surface area contributed by atoms with Crippen molar-refractivity contribution < 1.29 is 13.2 Å². The lowest BCUT2D eigenvalue weighted by atomic mass is 10.1. The molecule has 2 aromatic rings. The van der Waals surface area contributed by atoms with Crippen molar-refractivity contribution in [1.29, 1.82) is 0 Å². The Balaban J connectivity index is 1.28. The number of hydrogen-bond donors (Lipinski definition) is 0. The van der Waals surface area contributed by atoms with E-state index >= 15 is 0 Å². The van der Waals surface area contributed by atoms with Crippen LogP contribution in [-0.2, 0) is 6.18 Å². The Morgan fingerprint density at radius 3 is 2.19 bits per heavy atom. The lowest BCUT2D eigenvalue weighted by Gasteiger charge is -2.48. The van der Waals surface area contributed by atoms with Crippen LogP contribution in [0.4, 0.5) is 24.8 Å². The Morgan fingerprint density at radius 1 is 0.846 bits per heavy atom. The fourth-order valence-electron chi connectivity index (χ4n) is 3.38. The fraction of sp³-hybridized carbons (Fsp3) is 0.471. The van der Waals surface area contributed by atoms with Gasteiger partial charge in [0.1, 0.15) is 5.82 Å². The zero-order chi connectivity index (χ0) is 18.1. The second-order valence-electron chi connectivity index (χ2n) is 6.54. The Labute approximate surface area is 149 Å². The highest BCUT2D eigenvalue weighted by Crippen LogP contribution is 2.29. The number of pyridine rings is 1. The Kier molecular flexibility index (Phi) is 4.39. The third-order valence-corrected chi connectivity index (χ3v) is 4.93. The average molecular weight is 364 g/mol. The smallest absolute Gasteiger partial charge is 0.354 e. The standard InChI is InChI=1S/C17H19F3N6/c18-17(19,20)14-4-5-16(23-22-14)26-11-13(12-26)24-7-9-25(10-8-24)15-3-1-2-6-21-15/h1-6,13H,7-12H2. The van der Waals surface area contributed by atoms with Gasteiger partial charge in [-0.15, -0.1) is 10.2 Å². The summed E-state index contributed by atoms with van der Waals surface area (Å²) in [6.07, 6.45) is -2.65. The molecule has 138 valence electrons. The third kappa shape index (κ3) is 3.44. The van der Waals surface area contributed by atoms with E-state index in [4.69, 9.17) is 0 Å². The van der Waals surface area contributed by atoms with Gasteiger partial charge in [0, 0.05) is 51.5 Å². The zero-order valence-electron chi connectivity index (χ0n) is 14.1. The molecule has 26 heavy (non-hydrogen) atoms. The molecule has 4 rings (SSSR count). The summed E-state index contributed by atoms with van der Waals surface area (Å²) in [6, 6.07) is 8.71. The van der Waals surface area contributed by atoms with E-state index in [-0.39, 0.29) is 0 Å². The second-order valence-corrected chi connectivity index (χ2v) is 6.54. The van der Waals surface area contributed by atoms with E-state index in [1.54, 1.807) is 6.20 Å². The number of nitrogens with zero attached hydrogens (tertiary/aromatic N) is 6. The van der Waals surface area contributed by atoms with Crippen molar-refractivity contribution in [3.8, 4) is 0 Å². The number of anilines is 2. The third-order valence-electron chi connectivity index (χ3n) is 4.93. The van der Waals surface area contributed by atoms with Crippen LogP contribution in [0.15, 0.2) is 36.5 Å². The first-order valence-electron chi connectivity index (χ1n) is 8.56. The fourth-order valence-corrected chi connectivity index (χ4v) is 3.38. The maximum atomic E-state index is 12.5. The minimum atomic E-state index is -4.45. The van der Waals surface area contributed by atoms with Crippen molar-refractivity contribution in [3.63, 3.8) is 0 Å². The van der Waals surface area contributed by atoms with Crippen LogP contribution in [0.25, 0.3) is 0 Å². The molecule has 2 aromatic heterocycles. The molecule has 0 bridgehead atoms. The molecule has 2 fully saturated rings. The minimum Gasteiger partial charge on any atom is -0.354 e. The van der Waals surface area contributed by atoms with E-state index in [0.29, 0.717) is 11.9 Å². The van der Waals surface area contributed by atoms with E-state index in [0.717, 1.165) is 51.2 Å². The normalized spacial score (nSPS) is 19.5. The zero-order valence-corrected chi connectivity index (χ0v) is 14.1. The molecule has 6 nitrogen and oxygen atoms in total. The first kappa shape index (κ1) is 17.0. The van der Waals surface area contributed by atoms with Gasteiger partial charge in [-0.2, -0.15) is 13.2 Å². The molecule has 2 saturated heterocycles. The lowest BCUT2D eigenvalue weighted by Crippen LogP contribution is -2.63. The van der Waals surface area contributed by atoms with Gasteiger partial charge in [0.2, 0.25) is 0 Å². The summed E-state index contributed by atoms with van der Waals surface area (Å²) in [5.41, 5.74) is -0.955. The van der Waals surface area contributed by atoms with Gasteiger partial charge in [0.15, 0.2) is 11.5 Å². The molecule has 4 heterocycles. The van der Waals surface area contributed by atoms with Crippen LogP contribution in [0.1, 0.15) is 5.69 Å². The minimum absolute atomic E-state index is 0.407. The van der Waals surface area contributed by atoms with Crippen LogP contribution in [-0.4, -0.2) is 65.4 Å².